The van der Waals surface area contributed by atoms with Crippen LogP contribution < -0.4 is 4.90 Å². The first-order valence-electron chi connectivity index (χ1n) is 11.1. The van der Waals surface area contributed by atoms with Crippen molar-refractivity contribution in [2.24, 2.45) is 5.92 Å². The van der Waals surface area contributed by atoms with Crippen molar-refractivity contribution in [2.45, 2.75) is 37.1 Å². The molecule has 2 fully saturated rings. The molecular weight excluding hydrogens is 426 g/mol. The molecule has 1 atom stereocenters. The molecule has 2 aromatic carbocycles. The Morgan fingerprint density at radius 3 is 2.41 bits per heavy atom. The molecule has 0 aromatic heterocycles. The average Bonchev–Trinajstić information content (AvgIpc) is 3.25. The molecule has 0 unspecified atom stereocenters. The summed E-state index contributed by atoms with van der Waals surface area (Å²) in [4.78, 5) is 28.5. The molecule has 170 valence electrons. The molecule has 2 aliphatic heterocycles. The number of benzene rings is 2. The molecule has 2 heterocycles. The normalized spacial score (nSPS) is 19.8. The van der Waals surface area contributed by atoms with E-state index in [1.807, 2.05) is 30.3 Å². The van der Waals surface area contributed by atoms with Gasteiger partial charge in [0.25, 0.3) is 0 Å². The Morgan fingerprint density at radius 2 is 1.75 bits per heavy atom. The molecule has 32 heavy (non-hydrogen) atoms. The van der Waals surface area contributed by atoms with Gasteiger partial charge in [0.15, 0.2) is 0 Å². The molecule has 0 N–H and O–H groups in total. The Balaban J connectivity index is 1.43. The zero-order valence-electron chi connectivity index (χ0n) is 18.3. The lowest BCUT2D eigenvalue weighted by atomic mass is 9.98. The van der Waals surface area contributed by atoms with Crippen LogP contribution in [-0.4, -0.2) is 56.1 Å². The third kappa shape index (κ3) is 4.71. The fraction of sp³-hybridized carbons (Fsp3) is 0.417. The third-order valence-corrected chi connectivity index (χ3v) is 8.11. The minimum Gasteiger partial charge on any atom is -0.341 e. The quantitative estimate of drug-likeness (QED) is 0.671. The summed E-state index contributed by atoms with van der Waals surface area (Å²) in [6.45, 7) is 1.75. The average molecular weight is 456 g/mol. The van der Waals surface area contributed by atoms with Crippen LogP contribution in [0.2, 0.25) is 0 Å². The van der Waals surface area contributed by atoms with Gasteiger partial charge in [-0.05, 0) is 49.1 Å². The Bertz CT molecular complexity index is 1070. The number of piperidine rings is 1. The highest BCUT2D eigenvalue weighted by molar-refractivity contribution is 7.89. The van der Waals surface area contributed by atoms with E-state index in [9.17, 15) is 18.0 Å². The Hall–Kier alpha value is -2.71. The first-order chi connectivity index (χ1) is 15.4. The fourth-order valence-electron chi connectivity index (χ4n) is 4.48. The standard InChI is InChI=1S/C24H29N3O4S/c1-25(17-19-7-3-2-4-8-19)24(29)20-9-5-15-26(18-20)32(30,31)22-13-11-21(12-14-22)27-16-6-10-23(27)28/h2-4,7-8,11-14,20H,5-6,9-10,15-18H2,1H3/t20-/m0/s1. The summed E-state index contributed by atoms with van der Waals surface area (Å²) in [6.07, 6.45) is 2.68. The number of carbonyl (C=O) groups is 2. The highest BCUT2D eigenvalue weighted by Gasteiger charge is 2.34. The molecule has 4 rings (SSSR count). The van der Waals surface area contributed by atoms with Crippen LogP contribution in [0.5, 0.6) is 0 Å². The van der Waals surface area contributed by atoms with E-state index < -0.39 is 10.0 Å². The summed E-state index contributed by atoms with van der Waals surface area (Å²) >= 11 is 0. The molecule has 0 spiro atoms. The predicted molar refractivity (Wildman–Crippen MR) is 122 cm³/mol. The van der Waals surface area contributed by atoms with Gasteiger partial charge in [0, 0.05) is 45.3 Å². The summed E-state index contributed by atoms with van der Waals surface area (Å²) in [5.74, 6) is -0.317. The SMILES string of the molecule is CN(Cc1ccccc1)C(=O)[C@H]1CCCN(S(=O)(=O)c2ccc(N3CCCC3=O)cc2)C1. The molecule has 8 heteroatoms. The van der Waals surface area contributed by atoms with Crippen molar-refractivity contribution < 1.29 is 18.0 Å². The van der Waals surface area contributed by atoms with E-state index in [0.29, 0.717) is 38.9 Å². The molecule has 2 amide bonds. The minimum absolute atomic E-state index is 0.0309. The van der Waals surface area contributed by atoms with E-state index >= 15 is 0 Å². The predicted octanol–water partition coefficient (Wildman–Crippen LogP) is 2.87. The number of anilines is 1. The molecule has 2 aromatic rings. The number of amides is 2. The van der Waals surface area contributed by atoms with Crippen molar-refractivity contribution in [2.75, 3.05) is 31.6 Å². The molecule has 0 radical (unpaired) electrons. The van der Waals surface area contributed by atoms with Gasteiger partial charge >= 0.3 is 0 Å². The maximum absolute atomic E-state index is 13.2. The lowest BCUT2D eigenvalue weighted by Gasteiger charge is -2.33. The number of rotatable bonds is 6. The van der Waals surface area contributed by atoms with Crippen molar-refractivity contribution in [1.29, 1.82) is 0 Å². The van der Waals surface area contributed by atoms with Crippen molar-refractivity contribution in [3.05, 3.63) is 60.2 Å². The van der Waals surface area contributed by atoms with Gasteiger partial charge in [0.2, 0.25) is 21.8 Å². The van der Waals surface area contributed by atoms with E-state index in [1.165, 1.54) is 4.31 Å². The van der Waals surface area contributed by atoms with Crippen molar-refractivity contribution in [3.8, 4) is 0 Å². The van der Waals surface area contributed by atoms with Crippen LogP contribution in [0, 0.1) is 5.92 Å². The Labute approximate surface area is 189 Å². The maximum atomic E-state index is 13.2. The summed E-state index contributed by atoms with van der Waals surface area (Å²) in [7, 11) is -1.94. The largest absolute Gasteiger partial charge is 0.341 e. The summed E-state index contributed by atoms with van der Waals surface area (Å²) in [5.41, 5.74) is 1.76. The Morgan fingerprint density at radius 1 is 1.03 bits per heavy atom. The van der Waals surface area contributed by atoms with Crippen LogP contribution in [-0.2, 0) is 26.2 Å². The zero-order chi connectivity index (χ0) is 22.7. The van der Waals surface area contributed by atoms with Crippen LogP contribution in [0.15, 0.2) is 59.5 Å². The van der Waals surface area contributed by atoms with Crippen LogP contribution in [0.4, 0.5) is 5.69 Å². The maximum Gasteiger partial charge on any atom is 0.243 e. The second-order valence-electron chi connectivity index (χ2n) is 8.52. The molecule has 0 saturated carbocycles. The van der Waals surface area contributed by atoms with Crippen molar-refractivity contribution in [1.82, 2.24) is 9.21 Å². The fourth-order valence-corrected chi connectivity index (χ4v) is 6.00. The first kappa shape index (κ1) is 22.5. The van der Waals surface area contributed by atoms with E-state index in [-0.39, 0.29) is 29.2 Å². The van der Waals surface area contributed by atoms with Gasteiger partial charge in [-0.2, -0.15) is 4.31 Å². The van der Waals surface area contributed by atoms with E-state index in [1.54, 1.807) is 41.1 Å². The van der Waals surface area contributed by atoms with Gasteiger partial charge < -0.3 is 9.80 Å². The number of nitrogens with zero attached hydrogens (tertiary/aromatic N) is 3. The van der Waals surface area contributed by atoms with Crippen LogP contribution in [0.1, 0.15) is 31.2 Å². The Kier molecular flexibility index (Phi) is 6.62. The topological polar surface area (TPSA) is 78.0 Å². The van der Waals surface area contributed by atoms with Gasteiger partial charge in [-0.1, -0.05) is 30.3 Å². The number of hydrogen-bond donors (Lipinski definition) is 0. The highest BCUT2D eigenvalue weighted by atomic mass is 32.2. The van der Waals surface area contributed by atoms with E-state index in [2.05, 4.69) is 0 Å². The highest BCUT2D eigenvalue weighted by Crippen LogP contribution is 2.28. The minimum atomic E-state index is -3.71. The lowest BCUT2D eigenvalue weighted by molar-refractivity contribution is -0.135. The van der Waals surface area contributed by atoms with Crippen LogP contribution in [0.25, 0.3) is 0 Å². The number of carbonyl (C=O) groups excluding carboxylic acids is 2. The second-order valence-corrected chi connectivity index (χ2v) is 10.5. The number of hydrogen-bond acceptors (Lipinski definition) is 4. The second kappa shape index (κ2) is 9.42. The molecule has 7 nitrogen and oxygen atoms in total. The summed E-state index contributed by atoms with van der Waals surface area (Å²) in [5, 5.41) is 0. The van der Waals surface area contributed by atoms with Crippen LogP contribution in [0.3, 0.4) is 0 Å². The summed E-state index contributed by atoms with van der Waals surface area (Å²) < 4.78 is 27.9. The first-order valence-corrected chi connectivity index (χ1v) is 12.5. The molecular formula is C24H29N3O4S. The third-order valence-electron chi connectivity index (χ3n) is 6.23. The molecule has 2 saturated heterocycles. The molecule has 2 aliphatic rings. The lowest BCUT2D eigenvalue weighted by Crippen LogP contribution is -2.45. The monoisotopic (exact) mass is 455 g/mol. The van der Waals surface area contributed by atoms with E-state index in [4.69, 9.17) is 0 Å². The van der Waals surface area contributed by atoms with Crippen molar-refractivity contribution in [3.63, 3.8) is 0 Å². The van der Waals surface area contributed by atoms with Crippen molar-refractivity contribution >= 4 is 27.5 Å². The summed E-state index contributed by atoms with van der Waals surface area (Å²) in [6, 6.07) is 16.3. The molecule has 0 bridgehead atoms. The molecule has 0 aliphatic carbocycles. The van der Waals surface area contributed by atoms with Gasteiger partial charge in [0.1, 0.15) is 0 Å². The van der Waals surface area contributed by atoms with Gasteiger partial charge in [-0.15, -0.1) is 0 Å². The smallest absolute Gasteiger partial charge is 0.243 e. The van der Waals surface area contributed by atoms with E-state index in [0.717, 1.165) is 17.7 Å². The zero-order valence-corrected chi connectivity index (χ0v) is 19.1. The van der Waals surface area contributed by atoms with Gasteiger partial charge in [0.05, 0.1) is 10.8 Å². The number of sulfonamides is 1. The van der Waals surface area contributed by atoms with Crippen LogP contribution >= 0.6 is 0 Å². The van der Waals surface area contributed by atoms with Gasteiger partial charge in [-0.25, -0.2) is 8.42 Å². The van der Waals surface area contributed by atoms with Gasteiger partial charge in [-0.3, -0.25) is 9.59 Å².